The lowest BCUT2D eigenvalue weighted by Crippen LogP contribution is -2.16. The summed E-state index contributed by atoms with van der Waals surface area (Å²) in [5.41, 5.74) is 0.792. The summed E-state index contributed by atoms with van der Waals surface area (Å²) in [7, 11) is 1.21. The van der Waals surface area contributed by atoms with Crippen LogP contribution >= 0.6 is 0 Å². The molecular formula is C16H15FO4. The second-order valence-corrected chi connectivity index (χ2v) is 4.38. The van der Waals surface area contributed by atoms with E-state index in [0.717, 1.165) is 5.56 Å². The number of carboxylic acids is 1. The zero-order valence-corrected chi connectivity index (χ0v) is 11.5. The van der Waals surface area contributed by atoms with Crippen LogP contribution in [-0.4, -0.2) is 18.2 Å². The molecule has 0 saturated heterocycles. The molecule has 5 heteroatoms. The van der Waals surface area contributed by atoms with E-state index < -0.39 is 17.9 Å². The van der Waals surface area contributed by atoms with Crippen LogP contribution in [0.5, 0.6) is 5.75 Å². The second-order valence-electron chi connectivity index (χ2n) is 4.38. The minimum absolute atomic E-state index is 0.108. The van der Waals surface area contributed by atoms with E-state index in [1.54, 1.807) is 0 Å². The van der Waals surface area contributed by atoms with E-state index in [2.05, 4.69) is 0 Å². The van der Waals surface area contributed by atoms with Gasteiger partial charge in [-0.1, -0.05) is 36.4 Å². The average molecular weight is 290 g/mol. The molecule has 2 rings (SSSR count). The predicted octanol–water partition coefficient (Wildman–Crippen LogP) is 3.18. The maximum absolute atomic E-state index is 13.9. The molecule has 4 nitrogen and oxygen atoms in total. The number of ether oxygens (including phenoxy) is 2. The van der Waals surface area contributed by atoms with Crippen molar-refractivity contribution in [3.63, 3.8) is 0 Å². The fourth-order valence-electron chi connectivity index (χ4n) is 1.98. The summed E-state index contributed by atoms with van der Waals surface area (Å²) in [6.45, 7) is 0.216. The minimum Gasteiger partial charge on any atom is -0.488 e. The van der Waals surface area contributed by atoms with Gasteiger partial charge in [0.1, 0.15) is 18.2 Å². The van der Waals surface area contributed by atoms with Crippen molar-refractivity contribution in [2.75, 3.05) is 7.11 Å². The highest BCUT2D eigenvalue weighted by molar-refractivity contribution is 5.75. The van der Waals surface area contributed by atoms with E-state index >= 15 is 0 Å². The standard InChI is InChI=1S/C16H15FO4/c1-20-15(16(18)19)14-12(17)8-5-9-13(14)21-10-11-6-3-2-4-7-11/h2-9,15H,10H2,1H3,(H,18,19). The number of carbonyl (C=O) groups is 1. The molecule has 2 aromatic carbocycles. The Kier molecular flexibility index (Phi) is 4.90. The van der Waals surface area contributed by atoms with Crippen molar-refractivity contribution in [3.05, 3.63) is 65.5 Å². The van der Waals surface area contributed by atoms with Gasteiger partial charge in [0, 0.05) is 7.11 Å². The highest BCUT2D eigenvalue weighted by atomic mass is 19.1. The number of benzene rings is 2. The molecule has 0 radical (unpaired) electrons. The smallest absolute Gasteiger partial charge is 0.337 e. The number of hydrogen-bond acceptors (Lipinski definition) is 3. The quantitative estimate of drug-likeness (QED) is 0.887. The number of rotatable bonds is 6. The number of carboxylic acid groups (broad SMARTS) is 1. The van der Waals surface area contributed by atoms with Crippen LogP contribution in [0, 0.1) is 5.82 Å². The largest absolute Gasteiger partial charge is 0.488 e. The Bertz CT molecular complexity index is 613. The zero-order valence-electron chi connectivity index (χ0n) is 11.5. The van der Waals surface area contributed by atoms with Gasteiger partial charge in [0.25, 0.3) is 0 Å². The Morgan fingerprint density at radius 3 is 2.52 bits per heavy atom. The molecule has 0 heterocycles. The molecular weight excluding hydrogens is 275 g/mol. The molecule has 0 fully saturated rings. The van der Waals surface area contributed by atoms with Gasteiger partial charge < -0.3 is 14.6 Å². The molecule has 110 valence electrons. The Balaban J connectivity index is 2.27. The van der Waals surface area contributed by atoms with Gasteiger partial charge in [-0.2, -0.15) is 0 Å². The Hall–Kier alpha value is -2.40. The first kappa shape index (κ1) is 15.0. The molecule has 0 saturated carbocycles. The van der Waals surface area contributed by atoms with E-state index in [9.17, 15) is 9.18 Å². The lowest BCUT2D eigenvalue weighted by Gasteiger charge is -2.17. The number of halogens is 1. The molecule has 0 aliphatic heterocycles. The molecule has 2 aromatic rings. The van der Waals surface area contributed by atoms with E-state index in [-0.39, 0.29) is 17.9 Å². The average Bonchev–Trinajstić information content (AvgIpc) is 2.49. The third-order valence-corrected chi connectivity index (χ3v) is 2.97. The van der Waals surface area contributed by atoms with Crippen molar-refractivity contribution in [1.29, 1.82) is 0 Å². The molecule has 1 atom stereocenters. The third kappa shape index (κ3) is 3.58. The number of aliphatic carboxylic acids is 1. The summed E-state index contributed by atoms with van der Waals surface area (Å²) in [6, 6.07) is 13.5. The third-order valence-electron chi connectivity index (χ3n) is 2.97. The molecule has 1 unspecified atom stereocenters. The fourth-order valence-corrected chi connectivity index (χ4v) is 1.98. The van der Waals surface area contributed by atoms with E-state index in [0.29, 0.717) is 0 Å². The van der Waals surface area contributed by atoms with Crippen LogP contribution in [0.4, 0.5) is 4.39 Å². The van der Waals surface area contributed by atoms with Crippen LogP contribution in [0.15, 0.2) is 48.5 Å². The van der Waals surface area contributed by atoms with Gasteiger partial charge in [0.15, 0.2) is 6.10 Å². The van der Waals surface area contributed by atoms with E-state index in [1.165, 1.54) is 25.3 Å². The van der Waals surface area contributed by atoms with Crippen LogP contribution in [0.2, 0.25) is 0 Å². The molecule has 0 amide bonds. The summed E-state index contributed by atoms with van der Waals surface area (Å²) in [4.78, 5) is 11.2. The van der Waals surface area contributed by atoms with Gasteiger partial charge in [-0.15, -0.1) is 0 Å². The second kappa shape index (κ2) is 6.85. The lowest BCUT2D eigenvalue weighted by molar-refractivity contribution is -0.149. The van der Waals surface area contributed by atoms with Crippen LogP contribution in [0.3, 0.4) is 0 Å². The monoisotopic (exact) mass is 290 g/mol. The van der Waals surface area contributed by atoms with Crippen molar-refractivity contribution in [1.82, 2.24) is 0 Å². The minimum atomic E-state index is -1.41. The maximum atomic E-state index is 13.9. The van der Waals surface area contributed by atoms with Gasteiger partial charge in [-0.25, -0.2) is 9.18 Å². The first-order valence-electron chi connectivity index (χ1n) is 6.34. The fraction of sp³-hybridized carbons (Fsp3) is 0.188. The molecule has 0 aliphatic carbocycles. The van der Waals surface area contributed by atoms with Crippen LogP contribution in [0.1, 0.15) is 17.2 Å². The molecule has 0 bridgehead atoms. The Morgan fingerprint density at radius 2 is 1.90 bits per heavy atom. The number of methoxy groups -OCH3 is 1. The first-order chi connectivity index (χ1) is 10.1. The molecule has 0 aliphatic rings. The van der Waals surface area contributed by atoms with E-state index in [4.69, 9.17) is 14.6 Å². The van der Waals surface area contributed by atoms with Gasteiger partial charge in [-0.3, -0.25) is 0 Å². The van der Waals surface area contributed by atoms with Crippen LogP contribution in [-0.2, 0) is 16.1 Å². The summed E-state index contributed by atoms with van der Waals surface area (Å²) >= 11 is 0. The van der Waals surface area contributed by atoms with Crippen molar-refractivity contribution in [2.45, 2.75) is 12.7 Å². The summed E-state index contributed by atoms with van der Waals surface area (Å²) in [5, 5.41) is 9.11. The SMILES string of the molecule is COC(C(=O)O)c1c(F)cccc1OCc1ccccc1. The first-order valence-corrected chi connectivity index (χ1v) is 6.34. The normalized spacial score (nSPS) is 11.9. The number of hydrogen-bond donors (Lipinski definition) is 1. The topological polar surface area (TPSA) is 55.8 Å². The molecule has 0 aromatic heterocycles. The maximum Gasteiger partial charge on any atom is 0.337 e. The summed E-state index contributed by atoms with van der Waals surface area (Å²) < 4.78 is 24.4. The zero-order chi connectivity index (χ0) is 15.2. The predicted molar refractivity (Wildman–Crippen MR) is 74.6 cm³/mol. The van der Waals surface area contributed by atoms with Gasteiger partial charge in [-0.05, 0) is 17.7 Å². The highest BCUT2D eigenvalue weighted by Gasteiger charge is 2.26. The molecule has 0 spiro atoms. The van der Waals surface area contributed by atoms with Crippen molar-refractivity contribution in [2.24, 2.45) is 0 Å². The van der Waals surface area contributed by atoms with Crippen molar-refractivity contribution >= 4 is 5.97 Å². The lowest BCUT2D eigenvalue weighted by atomic mass is 10.1. The molecule has 21 heavy (non-hydrogen) atoms. The Morgan fingerprint density at radius 1 is 1.19 bits per heavy atom. The highest BCUT2D eigenvalue weighted by Crippen LogP contribution is 2.30. The van der Waals surface area contributed by atoms with Crippen molar-refractivity contribution < 1.29 is 23.8 Å². The van der Waals surface area contributed by atoms with Crippen LogP contribution in [0.25, 0.3) is 0 Å². The van der Waals surface area contributed by atoms with Gasteiger partial charge in [0.05, 0.1) is 5.56 Å². The molecule has 1 N–H and O–H groups in total. The Labute approximate surface area is 121 Å². The van der Waals surface area contributed by atoms with Crippen molar-refractivity contribution in [3.8, 4) is 5.75 Å². The van der Waals surface area contributed by atoms with E-state index in [1.807, 2.05) is 30.3 Å². The summed E-state index contributed by atoms with van der Waals surface area (Å²) in [5.74, 6) is -1.78. The van der Waals surface area contributed by atoms with Gasteiger partial charge in [0.2, 0.25) is 0 Å². The summed E-state index contributed by atoms with van der Waals surface area (Å²) in [6.07, 6.45) is -1.41. The van der Waals surface area contributed by atoms with Gasteiger partial charge >= 0.3 is 5.97 Å². The van der Waals surface area contributed by atoms with Crippen LogP contribution < -0.4 is 4.74 Å².